The summed E-state index contributed by atoms with van der Waals surface area (Å²) in [6.45, 7) is 1.78. The number of alkyl halides is 2. The van der Waals surface area contributed by atoms with Gasteiger partial charge in [-0.25, -0.2) is 9.97 Å². The molecular weight excluding hydrogens is 414 g/mol. The van der Waals surface area contributed by atoms with Crippen LogP contribution in [-0.2, 0) is 0 Å². The number of nitrogens with zero attached hydrogens (tertiary/aromatic N) is 4. The van der Waals surface area contributed by atoms with Gasteiger partial charge in [-0.3, -0.25) is 14.7 Å². The predicted octanol–water partition coefficient (Wildman–Crippen LogP) is 5.69. The second kappa shape index (κ2) is 8.22. The zero-order valence-electron chi connectivity index (χ0n) is 15.1. The number of aryl methyl sites for hydroxylation is 1. The lowest BCUT2D eigenvalue weighted by Crippen LogP contribution is -2.27. The molecule has 2 aromatic carbocycles. The van der Waals surface area contributed by atoms with E-state index in [9.17, 15) is 13.6 Å². The summed E-state index contributed by atoms with van der Waals surface area (Å²) >= 11 is 1.81. The maximum Gasteiger partial charge on any atom is 0.288 e. The standard InChI is InChI=1S/C20H14F2N4OS2/c1-12-10-24-16(11-23-12)18(27)26(13-6-8-14(9-7-13)28-19(21)22)20-25-15-4-2-3-5-17(15)29-20/h2-11,19H,1H3. The Morgan fingerprint density at radius 1 is 1.07 bits per heavy atom. The molecule has 0 saturated carbocycles. The normalized spacial score (nSPS) is 11.2. The Kier molecular flexibility index (Phi) is 5.50. The van der Waals surface area contributed by atoms with Crippen molar-refractivity contribution in [3.05, 3.63) is 72.3 Å². The van der Waals surface area contributed by atoms with Crippen LogP contribution in [0, 0.1) is 6.92 Å². The minimum absolute atomic E-state index is 0.167. The van der Waals surface area contributed by atoms with Crippen molar-refractivity contribution in [1.29, 1.82) is 0 Å². The average molecular weight is 428 g/mol. The lowest BCUT2D eigenvalue weighted by molar-refractivity contribution is 0.0994. The van der Waals surface area contributed by atoms with E-state index < -0.39 is 11.7 Å². The second-order valence-electron chi connectivity index (χ2n) is 6.02. The molecule has 0 unspecified atom stereocenters. The summed E-state index contributed by atoms with van der Waals surface area (Å²) < 4.78 is 26.2. The fraction of sp³-hybridized carbons (Fsp3) is 0.100. The fourth-order valence-electron chi connectivity index (χ4n) is 2.66. The van der Waals surface area contributed by atoms with Crippen molar-refractivity contribution >= 4 is 50.0 Å². The van der Waals surface area contributed by atoms with Gasteiger partial charge in [-0.05, 0) is 43.3 Å². The molecule has 0 saturated heterocycles. The smallest absolute Gasteiger partial charge is 0.266 e. The van der Waals surface area contributed by atoms with Gasteiger partial charge in [0.15, 0.2) is 5.13 Å². The molecule has 9 heteroatoms. The van der Waals surface area contributed by atoms with Gasteiger partial charge in [0.2, 0.25) is 0 Å². The molecule has 0 spiro atoms. The quantitative estimate of drug-likeness (QED) is 0.382. The van der Waals surface area contributed by atoms with E-state index in [-0.39, 0.29) is 5.69 Å². The van der Waals surface area contributed by atoms with Gasteiger partial charge in [0, 0.05) is 11.1 Å². The van der Waals surface area contributed by atoms with Gasteiger partial charge in [-0.1, -0.05) is 35.2 Å². The molecule has 29 heavy (non-hydrogen) atoms. The van der Waals surface area contributed by atoms with Gasteiger partial charge in [0.1, 0.15) is 5.69 Å². The topological polar surface area (TPSA) is 59.0 Å². The number of fused-ring (bicyclic) bond motifs is 1. The molecule has 4 rings (SSSR count). The number of carbonyl (C=O) groups excluding carboxylic acids is 1. The van der Waals surface area contributed by atoms with E-state index in [2.05, 4.69) is 15.0 Å². The van der Waals surface area contributed by atoms with Crippen molar-refractivity contribution in [2.45, 2.75) is 17.6 Å². The number of thiazole rings is 1. The van der Waals surface area contributed by atoms with E-state index in [1.807, 2.05) is 24.3 Å². The molecule has 0 aliphatic rings. The molecule has 0 aliphatic heterocycles. The number of thioether (sulfide) groups is 1. The first-order chi connectivity index (χ1) is 14.0. The van der Waals surface area contributed by atoms with E-state index in [1.54, 1.807) is 31.2 Å². The molecular formula is C20H14F2N4OS2. The number of hydrogen-bond donors (Lipinski definition) is 0. The first-order valence-corrected chi connectivity index (χ1v) is 10.2. The van der Waals surface area contributed by atoms with Gasteiger partial charge in [0.25, 0.3) is 11.7 Å². The Morgan fingerprint density at radius 3 is 2.48 bits per heavy atom. The third kappa shape index (κ3) is 4.25. The Balaban J connectivity index is 1.78. The SMILES string of the molecule is Cc1cnc(C(=O)N(c2ccc(SC(F)F)cc2)c2nc3ccccc3s2)cn1. The summed E-state index contributed by atoms with van der Waals surface area (Å²) in [5, 5.41) is 0.466. The van der Waals surface area contributed by atoms with Crippen LogP contribution in [0.15, 0.2) is 65.8 Å². The Labute approximate surface area is 173 Å². The van der Waals surface area contributed by atoms with E-state index in [0.29, 0.717) is 33.2 Å². The maximum absolute atomic E-state index is 13.3. The Hall–Kier alpha value is -2.91. The lowest BCUT2D eigenvalue weighted by Gasteiger charge is -2.19. The van der Waals surface area contributed by atoms with Crippen LogP contribution in [0.4, 0.5) is 19.6 Å². The molecule has 2 heterocycles. The summed E-state index contributed by atoms with van der Waals surface area (Å²) in [6, 6.07) is 13.9. The van der Waals surface area contributed by atoms with Gasteiger partial charge < -0.3 is 0 Å². The van der Waals surface area contributed by atoms with E-state index >= 15 is 0 Å². The fourth-order valence-corrected chi connectivity index (χ4v) is 4.15. The number of para-hydroxylation sites is 1. The summed E-state index contributed by atoms with van der Waals surface area (Å²) in [6.07, 6.45) is 2.94. The molecule has 146 valence electrons. The molecule has 0 radical (unpaired) electrons. The highest BCUT2D eigenvalue weighted by Crippen LogP contribution is 2.35. The second-order valence-corrected chi connectivity index (χ2v) is 8.09. The number of amides is 1. The minimum atomic E-state index is -2.51. The van der Waals surface area contributed by atoms with Gasteiger partial charge >= 0.3 is 0 Å². The summed E-state index contributed by atoms with van der Waals surface area (Å²) in [5.41, 5.74) is 2.14. The molecule has 2 aromatic heterocycles. The van der Waals surface area contributed by atoms with E-state index in [1.165, 1.54) is 28.6 Å². The molecule has 1 amide bonds. The van der Waals surface area contributed by atoms with Crippen LogP contribution in [-0.4, -0.2) is 26.6 Å². The highest BCUT2D eigenvalue weighted by atomic mass is 32.2. The van der Waals surface area contributed by atoms with Crippen molar-refractivity contribution in [2.75, 3.05) is 4.90 Å². The van der Waals surface area contributed by atoms with E-state index in [4.69, 9.17) is 0 Å². The van der Waals surface area contributed by atoms with Crippen LogP contribution < -0.4 is 4.90 Å². The number of aromatic nitrogens is 3. The monoisotopic (exact) mass is 428 g/mol. The molecule has 0 atom stereocenters. The molecule has 4 aromatic rings. The Morgan fingerprint density at radius 2 is 1.83 bits per heavy atom. The van der Waals surface area contributed by atoms with Crippen LogP contribution in [0.3, 0.4) is 0 Å². The maximum atomic E-state index is 13.3. The largest absolute Gasteiger partial charge is 0.288 e. The number of rotatable bonds is 5. The predicted molar refractivity (Wildman–Crippen MR) is 111 cm³/mol. The summed E-state index contributed by atoms with van der Waals surface area (Å²) in [5.74, 6) is -2.91. The van der Waals surface area contributed by atoms with Crippen LogP contribution in [0.1, 0.15) is 16.2 Å². The van der Waals surface area contributed by atoms with Crippen LogP contribution in [0.5, 0.6) is 0 Å². The molecule has 0 N–H and O–H groups in total. The zero-order chi connectivity index (χ0) is 20.4. The third-order valence-electron chi connectivity index (χ3n) is 4.00. The van der Waals surface area contributed by atoms with Crippen molar-refractivity contribution in [3.63, 3.8) is 0 Å². The highest BCUT2D eigenvalue weighted by molar-refractivity contribution is 7.99. The summed E-state index contributed by atoms with van der Waals surface area (Å²) in [7, 11) is 0. The van der Waals surface area contributed by atoms with Crippen LogP contribution in [0.25, 0.3) is 10.2 Å². The van der Waals surface area contributed by atoms with Crippen LogP contribution in [0.2, 0.25) is 0 Å². The highest BCUT2D eigenvalue weighted by Gasteiger charge is 2.24. The number of halogens is 2. The minimum Gasteiger partial charge on any atom is -0.266 e. The first kappa shape index (κ1) is 19.4. The van der Waals surface area contributed by atoms with Crippen molar-refractivity contribution in [1.82, 2.24) is 15.0 Å². The lowest BCUT2D eigenvalue weighted by atomic mass is 10.2. The first-order valence-electron chi connectivity index (χ1n) is 8.55. The van der Waals surface area contributed by atoms with Gasteiger partial charge in [0.05, 0.1) is 27.8 Å². The number of hydrogen-bond acceptors (Lipinski definition) is 6. The van der Waals surface area contributed by atoms with Crippen molar-refractivity contribution in [2.24, 2.45) is 0 Å². The number of carbonyl (C=O) groups is 1. The average Bonchev–Trinajstić information content (AvgIpc) is 3.13. The Bertz CT molecular complexity index is 1110. The molecule has 0 bridgehead atoms. The van der Waals surface area contributed by atoms with Gasteiger partial charge in [-0.15, -0.1) is 0 Å². The van der Waals surface area contributed by atoms with Gasteiger partial charge in [-0.2, -0.15) is 8.78 Å². The van der Waals surface area contributed by atoms with E-state index in [0.717, 1.165) is 10.2 Å². The molecule has 0 aliphatic carbocycles. The third-order valence-corrected chi connectivity index (χ3v) is 5.74. The number of benzene rings is 2. The zero-order valence-corrected chi connectivity index (χ0v) is 16.8. The number of anilines is 2. The van der Waals surface area contributed by atoms with Crippen molar-refractivity contribution in [3.8, 4) is 0 Å². The molecule has 5 nitrogen and oxygen atoms in total. The van der Waals surface area contributed by atoms with Crippen LogP contribution >= 0.6 is 23.1 Å². The van der Waals surface area contributed by atoms with Crippen molar-refractivity contribution < 1.29 is 13.6 Å². The molecule has 0 fully saturated rings. The summed E-state index contributed by atoms with van der Waals surface area (Å²) in [4.78, 5) is 28.0.